The fourth-order valence-corrected chi connectivity index (χ4v) is 3.49. The molecule has 2 aromatic carbocycles. The van der Waals surface area contributed by atoms with Crippen molar-refractivity contribution in [2.24, 2.45) is 0 Å². The highest BCUT2D eigenvalue weighted by Crippen LogP contribution is 2.28. The van der Waals surface area contributed by atoms with Gasteiger partial charge in [0.05, 0.1) is 12.8 Å². The molecule has 0 radical (unpaired) electrons. The number of rotatable bonds is 6. The van der Waals surface area contributed by atoms with Gasteiger partial charge in [-0.1, -0.05) is 12.1 Å². The van der Waals surface area contributed by atoms with Crippen LogP contribution in [0.2, 0.25) is 0 Å². The number of amides is 1. The van der Waals surface area contributed by atoms with Crippen molar-refractivity contribution in [2.45, 2.75) is 0 Å². The summed E-state index contributed by atoms with van der Waals surface area (Å²) in [5, 5.41) is 18.9. The Bertz CT molecular complexity index is 1320. The molecule has 1 amide bonds. The van der Waals surface area contributed by atoms with Crippen molar-refractivity contribution in [3.8, 4) is 28.8 Å². The van der Waals surface area contributed by atoms with E-state index in [1.807, 2.05) is 18.2 Å². The second kappa shape index (κ2) is 9.24. The summed E-state index contributed by atoms with van der Waals surface area (Å²) in [6.07, 6.45) is 4.70. The molecule has 2 heterocycles. The van der Waals surface area contributed by atoms with Gasteiger partial charge in [0.15, 0.2) is 5.13 Å². The number of halogens is 1. The topological polar surface area (TPSA) is 92.8 Å². The van der Waals surface area contributed by atoms with Gasteiger partial charge < -0.3 is 4.74 Å². The molecule has 4 rings (SSSR count). The average molecular weight is 445 g/mol. The van der Waals surface area contributed by atoms with Gasteiger partial charge in [-0.15, -0.1) is 11.3 Å². The lowest BCUT2D eigenvalue weighted by molar-refractivity contribution is -0.112. The zero-order valence-electron chi connectivity index (χ0n) is 16.8. The number of hydrogen-bond donors (Lipinski definition) is 1. The first-order chi connectivity index (χ1) is 15.6. The molecule has 4 aromatic rings. The lowest BCUT2D eigenvalue weighted by Crippen LogP contribution is -2.13. The first-order valence-electron chi connectivity index (χ1n) is 9.40. The number of carbonyl (C=O) groups excluding carboxylic acids is 1. The van der Waals surface area contributed by atoms with Gasteiger partial charge in [-0.25, -0.2) is 14.1 Å². The number of nitrogens with zero attached hydrogens (tertiary/aromatic N) is 4. The number of methoxy groups -OCH3 is 1. The molecule has 7 nitrogen and oxygen atoms in total. The molecular formula is C23H16FN5O2S. The Labute approximate surface area is 187 Å². The third-order valence-electron chi connectivity index (χ3n) is 4.49. The molecule has 0 fully saturated rings. The number of ether oxygens (including phenoxy) is 1. The maximum absolute atomic E-state index is 13.4. The minimum Gasteiger partial charge on any atom is -0.497 e. The standard InChI is InChI=1S/C23H16FN5O2S/c1-31-20-4-2-3-15(12-20)21-17(14-29(28-21)19-7-5-18(24)6-8-19)11-16(13-25)22(30)27-23-26-9-10-32-23/h2-12,14H,1H3,(H,26,27,30)/b16-11-. The zero-order chi connectivity index (χ0) is 22.5. The minimum atomic E-state index is -0.575. The van der Waals surface area contributed by atoms with Crippen molar-refractivity contribution in [3.05, 3.63) is 83.3 Å². The number of nitriles is 1. The van der Waals surface area contributed by atoms with Crippen molar-refractivity contribution in [1.29, 1.82) is 5.26 Å². The highest BCUT2D eigenvalue weighted by atomic mass is 32.1. The normalized spacial score (nSPS) is 11.1. The summed E-state index contributed by atoms with van der Waals surface area (Å²) in [6, 6.07) is 15.0. The Morgan fingerprint density at radius 1 is 1.28 bits per heavy atom. The Kier molecular flexibility index (Phi) is 6.05. The van der Waals surface area contributed by atoms with Crippen LogP contribution in [0.3, 0.4) is 0 Å². The number of benzene rings is 2. The van der Waals surface area contributed by atoms with Crippen molar-refractivity contribution < 1.29 is 13.9 Å². The van der Waals surface area contributed by atoms with Crippen LogP contribution in [0.15, 0.2) is 71.9 Å². The highest BCUT2D eigenvalue weighted by Gasteiger charge is 2.16. The smallest absolute Gasteiger partial charge is 0.268 e. The number of aromatic nitrogens is 3. The van der Waals surface area contributed by atoms with Crippen LogP contribution in [0, 0.1) is 17.1 Å². The third kappa shape index (κ3) is 4.55. The lowest BCUT2D eigenvalue weighted by Gasteiger charge is -2.04. The molecule has 0 aliphatic rings. The molecule has 1 N–H and O–H groups in total. The maximum Gasteiger partial charge on any atom is 0.268 e. The van der Waals surface area contributed by atoms with E-state index in [0.29, 0.717) is 27.8 Å². The van der Waals surface area contributed by atoms with E-state index in [-0.39, 0.29) is 11.4 Å². The SMILES string of the molecule is COc1cccc(-c2nn(-c3ccc(F)cc3)cc2/C=C(/C#N)C(=O)Nc2nccs2)c1. The predicted molar refractivity (Wildman–Crippen MR) is 120 cm³/mol. The van der Waals surface area contributed by atoms with Crippen LogP contribution in [0.1, 0.15) is 5.56 Å². The third-order valence-corrected chi connectivity index (χ3v) is 5.18. The fourth-order valence-electron chi connectivity index (χ4n) is 2.97. The molecule has 32 heavy (non-hydrogen) atoms. The van der Waals surface area contributed by atoms with Gasteiger partial charge in [-0.2, -0.15) is 10.4 Å². The van der Waals surface area contributed by atoms with Crippen LogP contribution < -0.4 is 10.1 Å². The molecular weight excluding hydrogens is 429 g/mol. The van der Waals surface area contributed by atoms with Crippen LogP contribution in [0.4, 0.5) is 9.52 Å². The van der Waals surface area contributed by atoms with E-state index in [9.17, 15) is 14.4 Å². The Morgan fingerprint density at radius 3 is 2.78 bits per heavy atom. The Balaban J connectivity index is 1.79. The first-order valence-corrected chi connectivity index (χ1v) is 10.3. The van der Waals surface area contributed by atoms with E-state index in [1.165, 1.54) is 29.5 Å². The second-order valence-electron chi connectivity index (χ2n) is 6.55. The van der Waals surface area contributed by atoms with Crippen molar-refractivity contribution in [2.75, 3.05) is 12.4 Å². The maximum atomic E-state index is 13.4. The molecule has 0 spiro atoms. The van der Waals surface area contributed by atoms with Gasteiger partial charge in [0.25, 0.3) is 5.91 Å². The van der Waals surface area contributed by atoms with E-state index >= 15 is 0 Å². The summed E-state index contributed by atoms with van der Waals surface area (Å²) < 4.78 is 20.2. The Morgan fingerprint density at radius 2 is 2.09 bits per heavy atom. The average Bonchev–Trinajstić information content (AvgIpc) is 3.48. The summed E-state index contributed by atoms with van der Waals surface area (Å²) in [6.45, 7) is 0. The molecule has 0 aliphatic heterocycles. The summed E-state index contributed by atoms with van der Waals surface area (Å²) in [7, 11) is 1.56. The number of anilines is 1. The molecule has 0 atom stereocenters. The van der Waals surface area contributed by atoms with Gasteiger partial charge >= 0.3 is 0 Å². The predicted octanol–water partition coefficient (Wildman–Crippen LogP) is 4.69. The lowest BCUT2D eigenvalue weighted by atomic mass is 10.1. The van der Waals surface area contributed by atoms with E-state index in [1.54, 1.807) is 53.8 Å². The fraction of sp³-hybridized carbons (Fsp3) is 0.0435. The number of hydrogen-bond acceptors (Lipinski definition) is 6. The van der Waals surface area contributed by atoms with Gasteiger partial charge in [0.1, 0.15) is 28.9 Å². The molecule has 0 saturated heterocycles. The van der Waals surface area contributed by atoms with Crippen LogP contribution in [0.5, 0.6) is 5.75 Å². The van der Waals surface area contributed by atoms with E-state index in [0.717, 1.165) is 5.56 Å². The number of carbonyl (C=O) groups is 1. The van der Waals surface area contributed by atoms with Crippen molar-refractivity contribution in [1.82, 2.24) is 14.8 Å². The number of thiazole rings is 1. The summed E-state index contributed by atoms with van der Waals surface area (Å²) in [4.78, 5) is 16.6. The van der Waals surface area contributed by atoms with Gasteiger partial charge in [0, 0.05) is 28.9 Å². The second-order valence-corrected chi connectivity index (χ2v) is 7.44. The van der Waals surface area contributed by atoms with Crippen LogP contribution >= 0.6 is 11.3 Å². The summed E-state index contributed by atoms with van der Waals surface area (Å²) >= 11 is 1.25. The monoisotopic (exact) mass is 445 g/mol. The minimum absolute atomic E-state index is 0.108. The van der Waals surface area contributed by atoms with Gasteiger partial charge in [-0.05, 0) is 42.5 Å². The zero-order valence-corrected chi connectivity index (χ0v) is 17.6. The van der Waals surface area contributed by atoms with Crippen LogP contribution in [-0.2, 0) is 4.79 Å². The summed E-state index contributed by atoms with van der Waals surface area (Å²) in [5.74, 6) is -0.302. The molecule has 0 saturated carbocycles. The van der Waals surface area contributed by atoms with E-state index in [2.05, 4.69) is 15.4 Å². The molecule has 0 unspecified atom stereocenters. The Hall–Kier alpha value is -4.29. The molecule has 0 bridgehead atoms. The summed E-state index contributed by atoms with van der Waals surface area (Å²) in [5.41, 5.74) is 2.31. The van der Waals surface area contributed by atoms with Crippen LogP contribution in [0.25, 0.3) is 23.0 Å². The molecule has 0 aliphatic carbocycles. The van der Waals surface area contributed by atoms with Crippen molar-refractivity contribution in [3.63, 3.8) is 0 Å². The van der Waals surface area contributed by atoms with Crippen molar-refractivity contribution >= 4 is 28.5 Å². The highest BCUT2D eigenvalue weighted by molar-refractivity contribution is 7.13. The van der Waals surface area contributed by atoms with E-state index < -0.39 is 5.91 Å². The molecule has 2 aromatic heterocycles. The first kappa shape index (κ1) is 21.0. The van der Waals surface area contributed by atoms with Crippen LogP contribution in [-0.4, -0.2) is 27.8 Å². The quantitative estimate of drug-likeness (QED) is 0.343. The molecule has 158 valence electrons. The van der Waals surface area contributed by atoms with Gasteiger partial charge in [0.2, 0.25) is 0 Å². The number of nitrogens with one attached hydrogen (secondary N) is 1. The molecule has 9 heteroatoms. The van der Waals surface area contributed by atoms with Gasteiger partial charge in [-0.3, -0.25) is 10.1 Å². The van der Waals surface area contributed by atoms with E-state index in [4.69, 9.17) is 4.74 Å². The largest absolute Gasteiger partial charge is 0.497 e.